The second-order valence-electron chi connectivity index (χ2n) is 17.4. The lowest BCUT2D eigenvalue weighted by molar-refractivity contribution is 1.01. The Balaban J connectivity index is 0.930. The lowest BCUT2D eigenvalue weighted by Crippen LogP contribution is -2.03. The SMILES string of the molecule is C1=CC(c2nc(-c3ccccc3)nc(-c3cccc(-c4cccc(-n5c6ccccc6c6c(-c7ccccc7-c7ccc8c9ccccc9c9ccccc9c8c7)cccc65)c4)c3)n2)=CCC1. The summed E-state index contributed by atoms with van der Waals surface area (Å²) in [4.78, 5) is 15.1. The third-order valence-corrected chi connectivity index (χ3v) is 13.4. The van der Waals surface area contributed by atoms with Crippen LogP contribution >= 0.6 is 0 Å². The van der Waals surface area contributed by atoms with Crippen LogP contribution in [0.1, 0.15) is 18.7 Å². The second-order valence-corrected chi connectivity index (χ2v) is 17.4. The molecule has 0 amide bonds. The topological polar surface area (TPSA) is 43.6 Å². The van der Waals surface area contributed by atoms with Gasteiger partial charge in [-0.1, -0.05) is 194 Å². The van der Waals surface area contributed by atoms with E-state index in [4.69, 9.17) is 15.0 Å². The number of allylic oxidation sites excluding steroid dienone is 4. The van der Waals surface area contributed by atoms with Gasteiger partial charge < -0.3 is 4.57 Å². The minimum Gasteiger partial charge on any atom is -0.309 e. The summed E-state index contributed by atoms with van der Waals surface area (Å²) in [6.45, 7) is 0. The molecule has 2 heterocycles. The van der Waals surface area contributed by atoms with Gasteiger partial charge in [-0.2, -0.15) is 0 Å². The number of aromatic nitrogens is 4. The minimum atomic E-state index is 0.655. The highest BCUT2D eigenvalue weighted by Gasteiger charge is 2.20. The van der Waals surface area contributed by atoms with Crippen molar-refractivity contribution in [2.24, 2.45) is 0 Å². The summed E-state index contributed by atoms with van der Waals surface area (Å²) in [6.07, 6.45) is 8.55. The monoisotopic (exact) mass is 854 g/mol. The highest BCUT2D eigenvalue weighted by atomic mass is 15.0. The van der Waals surface area contributed by atoms with Crippen LogP contribution in [0.4, 0.5) is 0 Å². The molecule has 1 aliphatic rings. The first-order valence-electron chi connectivity index (χ1n) is 23.1. The smallest absolute Gasteiger partial charge is 0.164 e. The Bertz CT molecular complexity index is 3950. The number of rotatable bonds is 7. The third kappa shape index (κ3) is 6.64. The van der Waals surface area contributed by atoms with Crippen molar-refractivity contribution in [1.29, 1.82) is 0 Å². The Morgan fingerprint density at radius 3 is 1.64 bits per heavy atom. The average molecular weight is 855 g/mol. The van der Waals surface area contributed by atoms with Crippen molar-refractivity contribution in [1.82, 2.24) is 19.5 Å². The van der Waals surface area contributed by atoms with Crippen molar-refractivity contribution in [3.63, 3.8) is 0 Å². The fourth-order valence-electron chi connectivity index (χ4n) is 10.4. The van der Waals surface area contributed by atoms with Crippen LogP contribution in [0.3, 0.4) is 0 Å². The van der Waals surface area contributed by atoms with Crippen LogP contribution in [0.5, 0.6) is 0 Å². The maximum atomic E-state index is 5.06. The summed E-state index contributed by atoms with van der Waals surface area (Å²) in [6, 6.07) is 76.8. The van der Waals surface area contributed by atoms with E-state index in [0.717, 1.165) is 57.4 Å². The molecule has 4 nitrogen and oxygen atoms in total. The average Bonchev–Trinajstić information content (AvgIpc) is 3.76. The Morgan fingerprint density at radius 1 is 0.328 bits per heavy atom. The fourth-order valence-corrected chi connectivity index (χ4v) is 10.4. The molecule has 0 atom stereocenters. The van der Waals surface area contributed by atoms with E-state index in [9.17, 15) is 0 Å². The maximum absolute atomic E-state index is 5.06. The number of nitrogens with zero attached hydrogens (tertiary/aromatic N) is 4. The van der Waals surface area contributed by atoms with Gasteiger partial charge in [0.15, 0.2) is 17.5 Å². The van der Waals surface area contributed by atoms with Crippen LogP contribution in [0.25, 0.3) is 122 Å². The lowest BCUT2D eigenvalue weighted by atomic mass is 9.89. The molecule has 1 aliphatic carbocycles. The summed E-state index contributed by atoms with van der Waals surface area (Å²) >= 11 is 0. The molecule has 0 N–H and O–H groups in total. The second kappa shape index (κ2) is 16.1. The van der Waals surface area contributed by atoms with Gasteiger partial charge in [0.25, 0.3) is 0 Å². The molecule has 0 aliphatic heterocycles. The molecular formula is C63H42N4. The van der Waals surface area contributed by atoms with Crippen LogP contribution in [-0.2, 0) is 0 Å². The van der Waals surface area contributed by atoms with Gasteiger partial charge in [-0.25, -0.2) is 15.0 Å². The third-order valence-electron chi connectivity index (χ3n) is 13.4. The van der Waals surface area contributed by atoms with Gasteiger partial charge in [0.2, 0.25) is 0 Å². The molecular weight excluding hydrogens is 813 g/mol. The van der Waals surface area contributed by atoms with E-state index in [0.29, 0.717) is 17.5 Å². The van der Waals surface area contributed by atoms with Gasteiger partial charge in [-0.3, -0.25) is 0 Å². The number of fused-ring (bicyclic) bond motifs is 9. The van der Waals surface area contributed by atoms with Crippen LogP contribution in [0.15, 0.2) is 231 Å². The molecule has 0 saturated carbocycles. The normalized spacial score (nSPS) is 12.7. The predicted octanol–water partition coefficient (Wildman–Crippen LogP) is 16.5. The number of hydrogen-bond acceptors (Lipinski definition) is 3. The first kappa shape index (κ1) is 38.7. The van der Waals surface area contributed by atoms with Crippen LogP contribution < -0.4 is 0 Å². The first-order chi connectivity index (χ1) is 33.2. The molecule has 2 aromatic heterocycles. The molecule has 314 valence electrons. The maximum Gasteiger partial charge on any atom is 0.164 e. The van der Waals surface area contributed by atoms with Crippen LogP contribution in [0.2, 0.25) is 0 Å². The van der Waals surface area contributed by atoms with E-state index in [-0.39, 0.29) is 0 Å². The molecule has 10 aromatic carbocycles. The van der Waals surface area contributed by atoms with Crippen molar-refractivity contribution in [3.8, 4) is 61.8 Å². The van der Waals surface area contributed by atoms with Crippen molar-refractivity contribution >= 4 is 59.7 Å². The van der Waals surface area contributed by atoms with E-state index in [1.807, 2.05) is 18.2 Å². The van der Waals surface area contributed by atoms with Crippen LogP contribution in [0, 0.1) is 0 Å². The van der Waals surface area contributed by atoms with E-state index in [2.05, 4.69) is 217 Å². The van der Waals surface area contributed by atoms with Gasteiger partial charge in [-0.15, -0.1) is 0 Å². The zero-order chi connectivity index (χ0) is 44.3. The Labute approximate surface area is 388 Å². The molecule has 67 heavy (non-hydrogen) atoms. The molecule has 0 radical (unpaired) electrons. The summed E-state index contributed by atoms with van der Waals surface area (Å²) < 4.78 is 2.42. The molecule has 0 unspecified atom stereocenters. The standard InChI is InChI=1S/C63H42N4/c1-3-18-41(19-4-1)61-64-62(42-20-5-2-6-21-42)66-63(65-61)46-24-15-22-43(38-46)44-23-16-25-47(39-44)67-58-34-14-13-32-56(58)60-55(33-17-35-59(60)67)49-27-8-7-26-48(49)45-36-37-54-52-30-10-9-28-50(52)51-29-11-12-31-53(51)57(54)40-45/h1,3-5,7-40H,2,6H2. The summed E-state index contributed by atoms with van der Waals surface area (Å²) in [5.41, 5.74) is 13.4. The summed E-state index contributed by atoms with van der Waals surface area (Å²) in [5.74, 6) is 2.02. The molecule has 0 saturated heterocycles. The Morgan fingerprint density at radius 2 is 0.881 bits per heavy atom. The van der Waals surface area contributed by atoms with Crippen molar-refractivity contribution < 1.29 is 0 Å². The van der Waals surface area contributed by atoms with Crippen molar-refractivity contribution in [2.45, 2.75) is 12.8 Å². The highest BCUT2D eigenvalue weighted by molar-refractivity contribution is 6.26. The van der Waals surface area contributed by atoms with Gasteiger partial charge in [0.1, 0.15) is 0 Å². The lowest BCUT2D eigenvalue weighted by Gasteiger charge is -2.15. The Hall–Kier alpha value is -8.73. The van der Waals surface area contributed by atoms with Gasteiger partial charge in [0, 0.05) is 33.2 Å². The molecule has 13 rings (SSSR count). The largest absolute Gasteiger partial charge is 0.309 e. The Kier molecular flexibility index (Phi) is 9.28. The van der Waals surface area contributed by atoms with Crippen molar-refractivity contribution in [3.05, 3.63) is 236 Å². The van der Waals surface area contributed by atoms with E-state index in [1.54, 1.807) is 0 Å². The zero-order valence-corrected chi connectivity index (χ0v) is 36.6. The van der Waals surface area contributed by atoms with E-state index < -0.39 is 0 Å². The number of hydrogen-bond donors (Lipinski definition) is 0. The highest BCUT2D eigenvalue weighted by Crippen LogP contribution is 2.44. The fraction of sp³-hybridized carbons (Fsp3) is 0.0317. The zero-order valence-electron chi connectivity index (χ0n) is 36.6. The minimum absolute atomic E-state index is 0.655. The van der Waals surface area contributed by atoms with Crippen LogP contribution in [-0.4, -0.2) is 19.5 Å². The van der Waals surface area contributed by atoms with Crippen molar-refractivity contribution in [2.75, 3.05) is 0 Å². The van der Waals surface area contributed by atoms with E-state index >= 15 is 0 Å². The molecule has 0 spiro atoms. The first-order valence-corrected chi connectivity index (χ1v) is 23.1. The predicted molar refractivity (Wildman–Crippen MR) is 280 cm³/mol. The molecule has 12 aromatic rings. The summed E-state index contributed by atoms with van der Waals surface area (Å²) in [5, 5.41) is 10.1. The van der Waals surface area contributed by atoms with E-state index in [1.165, 1.54) is 65.3 Å². The quantitative estimate of drug-likeness (QED) is 0.150. The van der Waals surface area contributed by atoms with Gasteiger partial charge in [0.05, 0.1) is 11.0 Å². The summed E-state index contributed by atoms with van der Waals surface area (Å²) in [7, 11) is 0. The number of benzene rings is 10. The molecule has 4 heteroatoms. The molecule has 0 bridgehead atoms. The van der Waals surface area contributed by atoms with Gasteiger partial charge >= 0.3 is 0 Å². The molecule has 0 fully saturated rings. The number of para-hydroxylation sites is 1. The van der Waals surface area contributed by atoms with Gasteiger partial charge in [-0.05, 0) is 115 Å².